The molecular formula is C10H20O2. The second kappa shape index (κ2) is 8.72. The van der Waals surface area contributed by atoms with Gasteiger partial charge >= 0.3 is 0 Å². The largest absolute Gasteiger partial charge is 0.396 e. The molecule has 2 nitrogen and oxygen atoms in total. The minimum Gasteiger partial charge on any atom is -0.396 e. The van der Waals surface area contributed by atoms with Gasteiger partial charge in [0, 0.05) is 19.4 Å². The maximum atomic E-state index is 10.2. The molecule has 2 heteroatoms. The van der Waals surface area contributed by atoms with Crippen LogP contribution in [0.3, 0.4) is 0 Å². The number of carbonyl (C=O) groups is 1. The highest BCUT2D eigenvalue weighted by Crippen LogP contribution is 2.11. The number of carbonyl (C=O) groups excluding carboxylic acids is 1. The summed E-state index contributed by atoms with van der Waals surface area (Å²) in [5.41, 5.74) is 0. The van der Waals surface area contributed by atoms with E-state index in [0.717, 1.165) is 38.5 Å². The van der Waals surface area contributed by atoms with Crippen molar-refractivity contribution in [2.24, 2.45) is 0 Å². The molecule has 0 heterocycles. The lowest BCUT2D eigenvalue weighted by atomic mass is 10.3. The van der Waals surface area contributed by atoms with Crippen LogP contribution in [0.5, 0.6) is 0 Å². The molecule has 0 amide bonds. The van der Waals surface area contributed by atoms with E-state index >= 15 is 0 Å². The molecule has 0 spiro atoms. The first-order valence-electron chi connectivity index (χ1n) is 4.93. The first-order chi connectivity index (χ1) is 5.81. The molecule has 1 rings (SSSR count). The summed E-state index contributed by atoms with van der Waals surface area (Å²) in [4.78, 5) is 10.2. The normalized spacial score (nSPS) is 15.7. The minimum atomic E-state index is 0.355. The average molecular weight is 172 g/mol. The van der Waals surface area contributed by atoms with Crippen LogP contribution in [0.25, 0.3) is 0 Å². The Morgan fingerprint density at radius 1 is 1.25 bits per heavy atom. The highest BCUT2D eigenvalue weighted by Gasteiger charge is 2.07. The number of ketones is 1. The van der Waals surface area contributed by atoms with Gasteiger partial charge in [-0.15, -0.1) is 0 Å². The second-order valence-electron chi connectivity index (χ2n) is 3.18. The molecular weight excluding hydrogens is 152 g/mol. The van der Waals surface area contributed by atoms with Crippen molar-refractivity contribution in [1.82, 2.24) is 0 Å². The van der Waals surface area contributed by atoms with Crippen LogP contribution < -0.4 is 0 Å². The molecule has 0 unspecified atom stereocenters. The molecule has 0 atom stereocenters. The third-order valence-electron chi connectivity index (χ3n) is 1.92. The highest BCUT2D eigenvalue weighted by molar-refractivity contribution is 5.79. The number of aliphatic hydroxyl groups is 1. The molecule has 0 bridgehead atoms. The first kappa shape index (κ1) is 11.6. The summed E-state index contributed by atoms with van der Waals surface area (Å²) in [6, 6.07) is 0. The lowest BCUT2D eigenvalue weighted by molar-refractivity contribution is -0.117. The third kappa shape index (κ3) is 7.73. The van der Waals surface area contributed by atoms with Gasteiger partial charge < -0.3 is 5.11 Å². The molecule has 1 aliphatic rings. The molecule has 0 aromatic rings. The first-order valence-corrected chi connectivity index (χ1v) is 4.93. The summed E-state index contributed by atoms with van der Waals surface area (Å²) in [5.74, 6) is 0.454. The molecule has 0 aromatic heterocycles. The Labute approximate surface area is 75.0 Å². The smallest absolute Gasteiger partial charge is 0.132 e. The predicted molar refractivity (Wildman–Crippen MR) is 50.1 cm³/mol. The van der Waals surface area contributed by atoms with Crippen molar-refractivity contribution in [3.05, 3.63) is 0 Å². The van der Waals surface area contributed by atoms with Gasteiger partial charge in [-0.05, 0) is 19.3 Å². The second-order valence-corrected chi connectivity index (χ2v) is 3.18. The Balaban J connectivity index is 0.000000202. The van der Waals surface area contributed by atoms with E-state index < -0.39 is 0 Å². The summed E-state index contributed by atoms with van der Waals surface area (Å²) in [6.45, 7) is 2.48. The van der Waals surface area contributed by atoms with E-state index in [2.05, 4.69) is 6.92 Å². The van der Waals surface area contributed by atoms with Gasteiger partial charge in [-0.25, -0.2) is 0 Å². The van der Waals surface area contributed by atoms with Crippen molar-refractivity contribution in [2.75, 3.05) is 6.61 Å². The monoisotopic (exact) mass is 172 g/mol. The van der Waals surface area contributed by atoms with Gasteiger partial charge in [0.1, 0.15) is 5.78 Å². The number of hydrogen-bond donors (Lipinski definition) is 1. The molecule has 1 saturated carbocycles. The summed E-state index contributed by atoms with van der Waals surface area (Å²) in [6.07, 6.45) is 7.30. The van der Waals surface area contributed by atoms with Crippen molar-refractivity contribution in [2.45, 2.75) is 51.9 Å². The standard InChI is InChI=1S/C5H8O.C5H12O/c6-5-3-1-2-4-5;1-2-3-4-5-6/h1-4H2;6H,2-5H2,1H3. The van der Waals surface area contributed by atoms with Gasteiger partial charge in [0.15, 0.2) is 0 Å². The summed E-state index contributed by atoms with van der Waals surface area (Å²) >= 11 is 0. The summed E-state index contributed by atoms with van der Waals surface area (Å²) in [7, 11) is 0. The highest BCUT2D eigenvalue weighted by atomic mass is 16.2. The maximum Gasteiger partial charge on any atom is 0.132 e. The third-order valence-corrected chi connectivity index (χ3v) is 1.92. The van der Waals surface area contributed by atoms with E-state index in [1.807, 2.05) is 0 Å². The lowest BCUT2D eigenvalue weighted by Gasteiger charge is -1.85. The number of hydrogen-bond acceptors (Lipinski definition) is 2. The topological polar surface area (TPSA) is 37.3 Å². The molecule has 0 aliphatic heterocycles. The zero-order valence-electron chi connectivity index (χ0n) is 8.01. The Kier molecular flexibility index (Phi) is 8.46. The zero-order chi connectivity index (χ0) is 9.23. The minimum absolute atomic E-state index is 0.355. The maximum absolute atomic E-state index is 10.2. The van der Waals surface area contributed by atoms with Gasteiger partial charge in [-0.3, -0.25) is 4.79 Å². The molecule has 0 aromatic carbocycles. The fraction of sp³-hybridized carbons (Fsp3) is 0.900. The van der Waals surface area contributed by atoms with E-state index in [1.165, 1.54) is 6.42 Å². The van der Waals surface area contributed by atoms with Crippen LogP contribution in [-0.2, 0) is 4.79 Å². The lowest BCUT2D eigenvalue weighted by Crippen LogP contribution is -1.81. The van der Waals surface area contributed by atoms with Gasteiger partial charge in [-0.2, -0.15) is 0 Å². The van der Waals surface area contributed by atoms with E-state index in [0.29, 0.717) is 12.4 Å². The van der Waals surface area contributed by atoms with Gasteiger partial charge in [-0.1, -0.05) is 19.8 Å². The predicted octanol–water partition coefficient (Wildman–Crippen LogP) is 2.30. The SMILES string of the molecule is CCCCCO.O=C1CCCC1. The van der Waals surface area contributed by atoms with E-state index in [9.17, 15) is 4.79 Å². The van der Waals surface area contributed by atoms with Crippen LogP contribution in [0.15, 0.2) is 0 Å². The summed E-state index contributed by atoms with van der Waals surface area (Å²) in [5, 5.41) is 8.20. The number of Topliss-reactive ketones (excluding diaryl/α,β-unsaturated/α-hetero) is 1. The van der Waals surface area contributed by atoms with Crippen molar-refractivity contribution in [3.8, 4) is 0 Å². The Bertz CT molecular complexity index is 98.4. The van der Waals surface area contributed by atoms with Crippen LogP contribution in [-0.4, -0.2) is 17.5 Å². The number of rotatable bonds is 3. The fourth-order valence-corrected chi connectivity index (χ4v) is 1.13. The molecule has 1 N–H and O–H groups in total. The molecule has 0 saturated heterocycles. The van der Waals surface area contributed by atoms with Crippen LogP contribution in [0.1, 0.15) is 51.9 Å². The van der Waals surface area contributed by atoms with Gasteiger partial charge in [0.05, 0.1) is 0 Å². The van der Waals surface area contributed by atoms with E-state index in [-0.39, 0.29) is 0 Å². The zero-order valence-corrected chi connectivity index (χ0v) is 8.01. The quantitative estimate of drug-likeness (QED) is 0.663. The van der Waals surface area contributed by atoms with Crippen molar-refractivity contribution < 1.29 is 9.90 Å². The van der Waals surface area contributed by atoms with E-state index in [4.69, 9.17) is 5.11 Å². The van der Waals surface area contributed by atoms with E-state index in [1.54, 1.807) is 0 Å². The number of aliphatic hydroxyl groups excluding tert-OH is 1. The van der Waals surface area contributed by atoms with Crippen molar-refractivity contribution in [1.29, 1.82) is 0 Å². The van der Waals surface area contributed by atoms with Crippen LogP contribution in [0, 0.1) is 0 Å². The van der Waals surface area contributed by atoms with Crippen LogP contribution >= 0.6 is 0 Å². The molecule has 72 valence electrons. The molecule has 1 fully saturated rings. The fourth-order valence-electron chi connectivity index (χ4n) is 1.13. The van der Waals surface area contributed by atoms with Crippen LogP contribution in [0.2, 0.25) is 0 Å². The van der Waals surface area contributed by atoms with Crippen molar-refractivity contribution in [3.63, 3.8) is 0 Å². The molecule has 0 radical (unpaired) electrons. The molecule has 1 aliphatic carbocycles. The van der Waals surface area contributed by atoms with Crippen LogP contribution in [0.4, 0.5) is 0 Å². The van der Waals surface area contributed by atoms with Gasteiger partial charge in [0.2, 0.25) is 0 Å². The Morgan fingerprint density at radius 3 is 2.00 bits per heavy atom. The van der Waals surface area contributed by atoms with Crippen molar-refractivity contribution >= 4 is 5.78 Å². The molecule has 12 heavy (non-hydrogen) atoms. The van der Waals surface area contributed by atoms with Gasteiger partial charge in [0.25, 0.3) is 0 Å². The summed E-state index contributed by atoms with van der Waals surface area (Å²) < 4.78 is 0. The Morgan fingerprint density at radius 2 is 1.83 bits per heavy atom. The average Bonchev–Trinajstić information content (AvgIpc) is 2.53. The number of unbranched alkanes of at least 4 members (excludes halogenated alkanes) is 2. The Hall–Kier alpha value is -0.370.